The van der Waals surface area contributed by atoms with Crippen LogP contribution in [0.25, 0.3) is 0 Å². The van der Waals surface area contributed by atoms with E-state index in [0.29, 0.717) is 30.1 Å². The predicted octanol–water partition coefficient (Wildman–Crippen LogP) is 3.44. The summed E-state index contributed by atoms with van der Waals surface area (Å²) in [6, 6.07) is -0.271. The van der Waals surface area contributed by atoms with Crippen LogP contribution >= 0.6 is 0 Å². The number of hydrogen-bond acceptors (Lipinski definition) is 2. The predicted molar refractivity (Wildman–Crippen MR) is 85.9 cm³/mol. The van der Waals surface area contributed by atoms with Crippen molar-refractivity contribution in [1.82, 2.24) is 0 Å². The molecule has 0 aromatic heterocycles. The second-order valence-electron chi connectivity index (χ2n) is 9.00. The lowest BCUT2D eigenvalue weighted by atomic mass is 9.46. The van der Waals surface area contributed by atoms with E-state index < -0.39 is 6.17 Å². The van der Waals surface area contributed by atoms with Crippen LogP contribution in [0.1, 0.15) is 52.4 Å². The van der Waals surface area contributed by atoms with Crippen molar-refractivity contribution in [2.75, 3.05) is 0 Å². The van der Waals surface area contributed by atoms with Crippen LogP contribution in [-0.2, 0) is 0 Å². The minimum Gasteiger partial charge on any atom is -0.389 e. The van der Waals surface area contributed by atoms with Crippen molar-refractivity contribution in [1.29, 1.82) is 0 Å². The van der Waals surface area contributed by atoms with E-state index in [1.807, 2.05) is 6.08 Å². The summed E-state index contributed by atoms with van der Waals surface area (Å²) in [6.45, 7) is 4.63. The van der Waals surface area contributed by atoms with E-state index in [1.54, 1.807) is 0 Å². The van der Waals surface area contributed by atoms with Crippen molar-refractivity contribution < 1.29 is 9.50 Å². The monoisotopic (exact) mass is 307 g/mol. The van der Waals surface area contributed by atoms with Gasteiger partial charge in [0.1, 0.15) is 6.17 Å². The molecule has 0 amide bonds. The Morgan fingerprint density at radius 3 is 2.68 bits per heavy atom. The largest absolute Gasteiger partial charge is 0.389 e. The fraction of sp³-hybridized carbons (Fsp3) is 0.895. The molecule has 9 atom stereocenters. The van der Waals surface area contributed by atoms with E-state index >= 15 is 0 Å². The van der Waals surface area contributed by atoms with E-state index in [-0.39, 0.29) is 23.0 Å². The van der Waals surface area contributed by atoms with E-state index in [0.717, 1.165) is 12.8 Å². The van der Waals surface area contributed by atoms with Crippen LogP contribution in [0, 0.1) is 34.5 Å². The third-order valence-corrected chi connectivity index (χ3v) is 8.24. The first-order chi connectivity index (χ1) is 10.4. The molecule has 124 valence electrons. The van der Waals surface area contributed by atoms with Gasteiger partial charge >= 0.3 is 0 Å². The Hall–Kier alpha value is -0.410. The Morgan fingerprint density at radius 2 is 1.91 bits per heavy atom. The molecule has 0 heterocycles. The van der Waals surface area contributed by atoms with Crippen LogP contribution in [-0.4, -0.2) is 23.4 Å². The first-order valence-electron chi connectivity index (χ1n) is 9.13. The number of allylic oxidation sites excluding steroid dienone is 1. The molecule has 22 heavy (non-hydrogen) atoms. The molecule has 4 aliphatic rings. The highest BCUT2D eigenvalue weighted by molar-refractivity contribution is 5.18. The summed E-state index contributed by atoms with van der Waals surface area (Å²) in [6.07, 6.45) is 9.42. The Morgan fingerprint density at radius 1 is 1.14 bits per heavy atom. The zero-order valence-corrected chi connectivity index (χ0v) is 13.8. The number of rotatable bonds is 0. The van der Waals surface area contributed by atoms with E-state index in [4.69, 9.17) is 5.73 Å². The summed E-state index contributed by atoms with van der Waals surface area (Å²) in [5.74, 6) is 2.31. The van der Waals surface area contributed by atoms with Crippen molar-refractivity contribution in [2.45, 2.75) is 70.7 Å². The molecule has 0 aromatic rings. The SMILES string of the molecule is C[C@]12CC[C@H]3[C@@H](CCC4C[C@@H](O)C=C[C@@]43C)[C@@H]1C[C@@H](F)[C@@H]2N. The third kappa shape index (κ3) is 1.84. The van der Waals surface area contributed by atoms with Gasteiger partial charge in [-0.2, -0.15) is 0 Å². The number of aliphatic hydroxyl groups is 1. The van der Waals surface area contributed by atoms with Crippen LogP contribution in [0.5, 0.6) is 0 Å². The molecule has 3 fully saturated rings. The van der Waals surface area contributed by atoms with Gasteiger partial charge in [0.25, 0.3) is 0 Å². The summed E-state index contributed by atoms with van der Waals surface area (Å²) >= 11 is 0. The first-order valence-corrected chi connectivity index (χ1v) is 9.13. The van der Waals surface area contributed by atoms with E-state index in [2.05, 4.69) is 19.9 Å². The van der Waals surface area contributed by atoms with Crippen LogP contribution in [0.3, 0.4) is 0 Å². The van der Waals surface area contributed by atoms with Crippen molar-refractivity contribution >= 4 is 0 Å². The minimum atomic E-state index is -0.817. The molecule has 4 rings (SSSR count). The Kier molecular flexibility index (Phi) is 3.30. The lowest BCUT2D eigenvalue weighted by Gasteiger charge is -2.59. The number of alkyl halides is 1. The van der Waals surface area contributed by atoms with Gasteiger partial charge in [-0.15, -0.1) is 0 Å². The Balaban J connectivity index is 1.67. The molecule has 0 saturated heterocycles. The average molecular weight is 307 g/mol. The summed E-state index contributed by atoms with van der Waals surface area (Å²) in [5, 5.41) is 9.97. The van der Waals surface area contributed by atoms with Crippen molar-refractivity contribution in [3.8, 4) is 0 Å². The van der Waals surface area contributed by atoms with Gasteiger partial charge in [0.15, 0.2) is 0 Å². The molecule has 0 spiro atoms. The second kappa shape index (κ2) is 4.80. The number of nitrogens with two attached hydrogens (primary N) is 1. The smallest absolute Gasteiger partial charge is 0.116 e. The first kappa shape index (κ1) is 15.1. The van der Waals surface area contributed by atoms with Gasteiger partial charge in [-0.1, -0.05) is 26.0 Å². The van der Waals surface area contributed by atoms with Gasteiger partial charge in [-0.25, -0.2) is 4.39 Å². The molecule has 2 nitrogen and oxygen atoms in total. The van der Waals surface area contributed by atoms with Gasteiger partial charge in [-0.05, 0) is 73.0 Å². The average Bonchev–Trinajstić information content (AvgIpc) is 2.72. The molecule has 0 aromatic carbocycles. The summed E-state index contributed by atoms with van der Waals surface area (Å²) in [4.78, 5) is 0. The molecule has 0 aliphatic heterocycles. The molecule has 3 saturated carbocycles. The van der Waals surface area contributed by atoms with Crippen LogP contribution < -0.4 is 5.73 Å². The topological polar surface area (TPSA) is 46.2 Å². The normalized spacial score (nSPS) is 60.5. The van der Waals surface area contributed by atoms with Crippen molar-refractivity contribution in [3.63, 3.8) is 0 Å². The molecule has 3 N–H and O–H groups in total. The molecule has 0 bridgehead atoms. The number of fused-ring (bicyclic) bond motifs is 5. The summed E-state index contributed by atoms with van der Waals surface area (Å²) in [5.41, 5.74) is 6.45. The van der Waals surface area contributed by atoms with Gasteiger partial charge < -0.3 is 10.8 Å². The Bertz CT molecular complexity index is 494. The van der Waals surface area contributed by atoms with E-state index in [1.165, 1.54) is 19.3 Å². The van der Waals surface area contributed by atoms with Gasteiger partial charge in [0.05, 0.1) is 6.10 Å². The van der Waals surface area contributed by atoms with Crippen LogP contribution in [0.15, 0.2) is 12.2 Å². The standard InChI is InChI=1S/C19H30FNO/c1-18-7-5-12(22)9-11(18)3-4-13-14(18)6-8-19(2)15(13)10-16(20)17(19)21/h5,7,11-17,22H,3-4,6,8-10,21H2,1-2H3/t11?,12-,13+,14-,15-,16+,17-,18-,19-/m0/s1. The van der Waals surface area contributed by atoms with Crippen molar-refractivity contribution in [3.05, 3.63) is 12.2 Å². The number of aliphatic hydroxyl groups excluding tert-OH is 1. The van der Waals surface area contributed by atoms with E-state index in [9.17, 15) is 9.50 Å². The minimum absolute atomic E-state index is 0.00166. The molecule has 3 heteroatoms. The number of halogens is 1. The molecule has 0 radical (unpaired) electrons. The highest BCUT2D eigenvalue weighted by atomic mass is 19.1. The lowest BCUT2D eigenvalue weighted by molar-refractivity contribution is -0.0789. The molecular formula is C19H30FNO. The fourth-order valence-corrected chi connectivity index (χ4v) is 6.80. The molecule has 4 aliphatic carbocycles. The molecule has 1 unspecified atom stereocenters. The summed E-state index contributed by atoms with van der Waals surface area (Å²) < 4.78 is 14.3. The van der Waals surface area contributed by atoms with Crippen LogP contribution in [0.2, 0.25) is 0 Å². The van der Waals surface area contributed by atoms with Crippen molar-refractivity contribution in [2.24, 2.45) is 40.2 Å². The second-order valence-corrected chi connectivity index (χ2v) is 9.00. The maximum absolute atomic E-state index is 14.3. The van der Waals surface area contributed by atoms with Crippen LogP contribution in [0.4, 0.5) is 4.39 Å². The highest BCUT2D eigenvalue weighted by Gasteiger charge is 2.61. The summed E-state index contributed by atoms with van der Waals surface area (Å²) in [7, 11) is 0. The molecular weight excluding hydrogens is 277 g/mol. The zero-order chi connectivity index (χ0) is 15.7. The fourth-order valence-electron chi connectivity index (χ4n) is 6.80. The zero-order valence-electron chi connectivity index (χ0n) is 13.8. The quantitative estimate of drug-likeness (QED) is 0.673. The third-order valence-electron chi connectivity index (χ3n) is 8.24. The van der Waals surface area contributed by atoms with Gasteiger partial charge in [-0.3, -0.25) is 0 Å². The lowest BCUT2D eigenvalue weighted by Crippen LogP contribution is -2.54. The maximum atomic E-state index is 14.3. The van der Waals surface area contributed by atoms with Gasteiger partial charge in [0, 0.05) is 6.04 Å². The maximum Gasteiger partial charge on any atom is 0.116 e. The Labute approximate surface area is 133 Å². The number of hydrogen-bond donors (Lipinski definition) is 2. The highest BCUT2D eigenvalue weighted by Crippen LogP contribution is 2.65. The van der Waals surface area contributed by atoms with Gasteiger partial charge in [0.2, 0.25) is 0 Å².